The Morgan fingerprint density at radius 2 is 1.79 bits per heavy atom. The van der Waals surface area contributed by atoms with E-state index in [9.17, 15) is 4.79 Å². The predicted molar refractivity (Wildman–Crippen MR) is 127 cm³/mol. The maximum Gasteiger partial charge on any atom is 0.257 e. The molecule has 1 amide bonds. The molecular weight excluding hydrogens is 414 g/mol. The molecule has 1 fully saturated rings. The number of piperazine rings is 1. The fourth-order valence-corrected chi connectivity index (χ4v) is 4.45. The van der Waals surface area contributed by atoms with E-state index in [2.05, 4.69) is 52.0 Å². The van der Waals surface area contributed by atoms with Crippen molar-refractivity contribution in [1.29, 1.82) is 0 Å². The lowest BCUT2D eigenvalue weighted by molar-refractivity contribution is -0.135. The van der Waals surface area contributed by atoms with E-state index in [1.165, 1.54) is 5.56 Å². The Bertz CT molecular complexity index is 1090. The summed E-state index contributed by atoms with van der Waals surface area (Å²) in [6.45, 7) is 6.82. The average Bonchev–Trinajstić information content (AvgIpc) is 3.52. The van der Waals surface area contributed by atoms with Crippen molar-refractivity contribution in [3.63, 3.8) is 0 Å². The number of aromatic nitrogens is 1. The molecule has 0 N–H and O–H groups in total. The number of hydrogen-bond acceptors (Lipinski definition) is 6. The van der Waals surface area contributed by atoms with Gasteiger partial charge in [0.15, 0.2) is 0 Å². The molecule has 1 atom stereocenters. The number of furan rings is 1. The van der Waals surface area contributed by atoms with Gasteiger partial charge in [0, 0.05) is 45.3 Å². The number of amides is 1. The zero-order valence-corrected chi connectivity index (χ0v) is 18.9. The number of hydrazone groups is 1. The van der Waals surface area contributed by atoms with Gasteiger partial charge in [-0.05, 0) is 36.8 Å². The summed E-state index contributed by atoms with van der Waals surface area (Å²) in [6.07, 6.45) is 4.14. The zero-order chi connectivity index (χ0) is 22.6. The highest BCUT2D eigenvalue weighted by Crippen LogP contribution is 2.33. The van der Waals surface area contributed by atoms with Crippen molar-refractivity contribution in [2.24, 2.45) is 5.10 Å². The Morgan fingerprint density at radius 3 is 2.48 bits per heavy atom. The van der Waals surface area contributed by atoms with Crippen molar-refractivity contribution in [2.45, 2.75) is 25.9 Å². The maximum atomic E-state index is 13.3. The molecule has 0 radical (unpaired) electrons. The molecule has 33 heavy (non-hydrogen) atoms. The molecule has 0 spiro atoms. The van der Waals surface area contributed by atoms with Gasteiger partial charge in [0.05, 0.1) is 24.2 Å². The first-order chi connectivity index (χ1) is 16.2. The number of hydrogen-bond donors (Lipinski definition) is 0. The molecule has 2 aliphatic heterocycles. The first-order valence-electron chi connectivity index (χ1n) is 11.5. The summed E-state index contributed by atoms with van der Waals surface area (Å²) < 4.78 is 5.67. The van der Waals surface area contributed by atoms with Gasteiger partial charge in [-0.15, -0.1) is 0 Å². The van der Waals surface area contributed by atoms with Crippen LogP contribution in [0.25, 0.3) is 0 Å². The Hall–Kier alpha value is -3.29. The minimum atomic E-state index is -0.200. The molecule has 7 nitrogen and oxygen atoms in total. The Labute approximate surface area is 194 Å². The molecule has 0 aliphatic carbocycles. The van der Waals surface area contributed by atoms with Crippen LogP contribution in [0.3, 0.4) is 0 Å². The zero-order valence-electron chi connectivity index (χ0n) is 18.9. The summed E-state index contributed by atoms with van der Waals surface area (Å²) in [5.41, 5.74) is 4.26. The minimum absolute atomic E-state index is 0.0108. The highest BCUT2D eigenvalue weighted by atomic mass is 16.3. The molecule has 2 aromatic heterocycles. The monoisotopic (exact) mass is 443 g/mol. The number of pyridine rings is 1. The van der Waals surface area contributed by atoms with E-state index < -0.39 is 0 Å². The quantitative estimate of drug-likeness (QED) is 0.584. The van der Waals surface area contributed by atoms with Gasteiger partial charge < -0.3 is 4.42 Å². The van der Waals surface area contributed by atoms with E-state index in [4.69, 9.17) is 9.52 Å². The van der Waals surface area contributed by atoms with Crippen molar-refractivity contribution in [3.05, 3.63) is 89.6 Å². The lowest BCUT2D eigenvalue weighted by atomic mass is 10.0. The van der Waals surface area contributed by atoms with Gasteiger partial charge in [-0.25, -0.2) is 5.01 Å². The smallest absolute Gasteiger partial charge is 0.257 e. The fourth-order valence-electron chi connectivity index (χ4n) is 4.45. The number of aryl methyl sites for hydroxylation is 1. The van der Waals surface area contributed by atoms with Gasteiger partial charge in [-0.3, -0.25) is 19.6 Å². The van der Waals surface area contributed by atoms with E-state index in [1.807, 2.05) is 30.5 Å². The van der Waals surface area contributed by atoms with Crippen molar-refractivity contribution in [1.82, 2.24) is 19.8 Å². The standard InChI is InChI=1S/C26H29N5O2/c1-20-7-9-21(10-8-20)23-17-24(25-6-4-16-33-25)31(28-23)26(32)19-30-14-12-29(13-15-30)18-22-5-2-3-11-27-22/h2-11,16,24H,12-15,17-19H2,1H3. The highest BCUT2D eigenvalue weighted by molar-refractivity contribution is 6.03. The van der Waals surface area contributed by atoms with Crippen LogP contribution in [0.2, 0.25) is 0 Å². The normalized spacial score (nSPS) is 19.6. The Balaban J connectivity index is 1.23. The molecule has 1 saturated heterocycles. The lowest BCUT2D eigenvalue weighted by Crippen LogP contribution is -2.49. The van der Waals surface area contributed by atoms with Crippen LogP contribution in [0.4, 0.5) is 0 Å². The van der Waals surface area contributed by atoms with Gasteiger partial charge in [-0.1, -0.05) is 35.9 Å². The van der Waals surface area contributed by atoms with E-state index >= 15 is 0 Å². The first-order valence-corrected chi connectivity index (χ1v) is 11.5. The molecule has 0 bridgehead atoms. The van der Waals surface area contributed by atoms with E-state index in [0.717, 1.165) is 55.5 Å². The molecule has 4 heterocycles. The van der Waals surface area contributed by atoms with Crippen LogP contribution in [0, 0.1) is 6.92 Å². The van der Waals surface area contributed by atoms with Gasteiger partial charge in [-0.2, -0.15) is 5.10 Å². The van der Waals surface area contributed by atoms with Crippen molar-refractivity contribution >= 4 is 11.6 Å². The molecule has 3 aromatic rings. The van der Waals surface area contributed by atoms with Crippen LogP contribution in [-0.4, -0.2) is 64.1 Å². The summed E-state index contributed by atoms with van der Waals surface area (Å²) >= 11 is 0. The van der Waals surface area contributed by atoms with Crippen LogP contribution in [0.15, 0.2) is 76.6 Å². The third-order valence-electron chi connectivity index (χ3n) is 6.36. The summed E-state index contributed by atoms with van der Waals surface area (Å²) in [4.78, 5) is 22.4. The molecule has 2 aliphatic rings. The highest BCUT2D eigenvalue weighted by Gasteiger charge is 2.35. The summed E-state index contributed by atoms with van der Waals surface area (Å²) in [5, 5.41) is 6.39. The molecule has 1 aromatic carbocycles. The minimum Gasteiger partial charge on any atom is -0.467 e. The second-order valence-corrected chi connectivity index (χ2v) is 8.76. The van der Waals surface area contributed by atoms with Crippen LogP contribution < -0.4 is 0 Å². The van der Waals surface area contributed by atoms with Crippen molar-refractivity contribution in [3.8, 4) is 0 Å². The summed E-state index contributed by atoms with van der Waals surface area (Å²) in [7, 11) is 0. The fraction of sp³-hybridized carbons (Fsp3) is 0.346. The van der Waals surface area contributed by atoms with Crippen LogP contribution in [0.1, 0.15) is 35.0 Å². The topological polar surface area (TPSA) is 65.2 Å². The average molecular weight is 444 g/mol. The molecule has 0 saturated carbocycles. The number of nitrogens with zero attached hydrogens (tertiary/aromatic N) is 5. The summed E-state index contributed by atoms with van der Waals surface area (Å²) in [6, 6.07) is 17.9. The molecular formula is C26H29N5O2. The van der Waals surface area contributed by atoms with Crippen molar-refractivity contribution < 1.29 is 9.21 Å². The molecule has 7 heteroatoms. The predicted octanol–water partition coefficient (Wildman–Crippen LogP) is 3.48. The number of carbonyl (C=O) groups excluding carboxylic acids is 1. The molecule has 170 valence electrons. The number of rotatable bonds is 6. The van der Waals surface area contributed by atoms with Gasteiger partial charge in [0.2, 0.25) is 0 Å². The van der Waals surface area contributed by atoms with Crippen LogP contribution >= 0.6 is 0 Å². The number of carbonyl (C=O) groups is 1. The second-order valence-electron chi connectivity index (χ2n) is 8.76. The Morgan fingerprint density at radius 1 is 1.00 bits per heavy atom. The second kappa shape index (κ2) is 9.68. The lowest BCUT2D eigenvalue weighted by Gasteiger charge is -2.34. The van der Waals surface area contributed by atoms with E-state index in [0.29, 0.717) is 13.0 Å². The summed E-state index contributed by atoms with van der Waals surface area (Å²) in [5.74, 6) is 0.783. The van der Waals surface area contributed by atoms with Crippen LogP contribution in [0.5, 0.6) is 0 Å². The number of benzene rings is 1. The molecule has 5 rings (SSSR count). The van der Waals surface area contributed by atoms with Gasteiger partial charge in [0.25, 0.3) is 5.91 Å². The third-order valence-corrected chi connectivity index (χ3v) is 6.36. The van der Waals surface area contributed by atoms with E-state index in [1.54, 1.807) is 11.3 Å². The van der Waals surface area contributed by atoms with Crippen LogP contribution in [-0.2, 0) is 11.3 Å². The third kappa shape index (κ3) is 5.05. The van der Waals surface area contributed by atoms with Gasteiger partial charge >= 0.3 is 0 Å². The largest absolute Gasteiger partial charge is 0.467 e. The van der Waals surface area contributed by atoms with Gasteiger partial charge in [0.1, 0.15) is 11.8 Å². The SMILES string of the molecule is Cc1ccc(C2=NN(C(=O)CN3CCN(Cc4ccccn4)CC3)C(c3ccco3)C2)cc1. The van der Waals surface area contributed by atoms with Crippen molar-refractivity contribution in [2.75, 3.05) is 32.7 Å². The maximum absolute atomic E-state index is 13.3. The first kappa shape index (κ1) is 21.6. The van der Waals surface area contributed by atoms with E-state index in [-0.39, 0.29) is 11.9 Å². The Kier molecular flexibility index (Phi) is 6.32. The molecule has 1 unspecified atom stereocenters.